The largest absolute Gasteiger partial charge is 0.443 e. The fourth-order valence-corrected chi connectivity index (χ4v) is 2.43. The first-order chi connectivity index (χ1) is 12.7. The van der Waals surface area contributed by atoms with Crippen molar-refractivity contribution in [1.29, 1.82) is 0 Å². The molecule has 0 radical (unpaired) electrons. The minimum Gasteiger partial charge on any atom is -0.443 e. The maximum absolute atomic E-state index is 12.4. The number of amides is 1. The Hall–Kier alpha value is -3.56. The van der Waals surface area contributed by atoms with Crippen LogP contribution in [0.4, 0.5) is 16.3 Å². The topological polar surface area (TPSA) is 116 Å². The third kappa shape index (κ3) is 3.68. The summed E-state index contributed by atoms with van der Waals surface area (Å²) in [6.45, 7) is 5.32. The molecule has 0 saturated carbocycles. The highest BCUT2D eigenvalue weighted by Crippen LogP contribution is 2.26. The van der Waals surface area contributed by atoms with E-state index in [1.807, 2.05) is 0 Å². The van der Waals surface area contributed by atoms with E-state index < -0.39 is 16.6 Å². The van der Waals surface area contributed by atoms with Gasteiger partial charge in [-0.1, -0.05) is 0 Å². The van der Waals surface area contributed by atoms with Gasteiger partial charge in [-0.2, -0.15) is 0 Å². The molecule has 10 heteroatoms. The van der Waals surface area contributed by atoms with Crippen molar-refractivity contribution in [3.05, 3.63) is 47.0 Å². The van der Waals surface area contributed by atoms with Gasteiger partial charge in [-0.05, 0) is 32.9 Å². The molecule has 0 N–H and O–H groups in total. The minimum absolute atomic E-state index is 0.0227. The van der Waals surface area contributed by atoms with Crippen LogP contribution in [-0.4, -0.2) is 43.2 Å². The summed E-state index contributed by atoms with van der Waals surface area (Å²) in [5.74, 6) is 0.310. The molecule has 140 valence electrons. The van der Waals surface area contributed by atoms with E-state index in [9.17, 15) is 14.9 Å². The molecule has 0 unspecified atom stereocenters. The molecule has 3 aromatic rings. The smallest absolute Gasteiger partial charge is 0.415 e. The van der Waals surface area contributed by atoms with Crippen molar-refractivity contribution in [2.75, 3.05) is 11.9 Å². The minimum atomic E-state index is -0.657. The Morgan fingerprint density at radius 3 is 2.44 bits per heavy atom. The van der Waals surface area contributed by atoms with Gasteiger partial charge in [0.2, 0.25) is 0 Å². The molecule has 27 heavy (non-hydrogen) atoms. The lowest BCUT2D eigenvalue weighted by atomic mass is 10.2. The average molecular weight is 370 g/mol. The molecule has 1 aromatic carbocycles. The molecule has 0 saturated heterocycles. The highest BCUT2D eigenvalue weighted by Gasteiger charge is 2.24. The van der Waals surface area contributed by atoms with Crippen LogP contribution in [0.5, 0.6) is 0 Å². The van der Waals surface area contributed by atoms with Crippen LogP contribution in [0.2, 0.25) is 0 Å². The summed E-state index contributed by atoms with van der Waals surface area (Å²) in [6, 6.07) is 5.96. The van der Waals surface area contributed by atoms with Crippen molar-refractivity contribution in [2.24, 2.45) is 0 Å². The fourth-order valence-electron chi connectivity index (χ4n) is 2.43. The summed E-state index contributed by atoms with van der Waals surface area (Å²) in [4.78, 5) is 36.6. The summed E-state index contributed by atoms with van der Waals surface area (Å²) in [5, 5.41) is 10.9. The third-order valence-electron chi connectivity index (χ3n) is 3.64. The number of carbonyl (C=O) groups excluding carboxylic acids is 1. The molecule has 0 aliphatic rings. The number of anilines is 1. The van der Waals surface area contributed by atoms with Crippen LogP contribution in [-0.2, 0) is 4.74 Å². The lowest BCUT2D eigenvalue weighted by Crippen LogP contribution is -2.34. The fraction of sp³-hybridized carbons (Fsp3) is 0.294. The number of rotatable bonds is 3. The van der Waals surface area contributed by atoms with Crippen LogP contribution in [0.25, 0.3) is 16.9 Å². The molecule has 0 bridgehead atoms. The normalized spacial score (nSPS) is 11.4. The summed E-state index contributed by atoms with van der Waals surface area (Å²) in [7, 11) is 1.54. The van der Waals surface area contributed by atoms with Gasteiger partial charge in [-0.15, -0.1) is 0 Å². The zero-order chi connectivity index (χ0) is 19.8. The average Bonchev–Trinajstić information content (AvgIpc) is 3.03. The quantitative estimate of drug-likeness (QED) is 0.513. The van der Waals surface area contributed by atoms with E-state index in [2.05, 4.69) is 15.0 Å². The molecule has 2 heterocycles. The Kier molecular flexibility index (Phi) is 4.48. The first-order valence-electron chi connectivity index (χ1n) is 8.07. The van der Waals surface area contributed by atoms with Gasteiger partial charge >= 0.3 is 6.09 Å². The van der Waals surface area contributed by atoms with E-state index in [0.717, 1.165) is 0 Å². The molecular formula is C17H18N6O4. The van der Waals surface area contributed by atoms with E-state index in [0.29, 0.717) is 22.7 Å². The number of aromatic nitrogens is 4. The summed E-state index contributed by atoms with van der Waals surface area (Å²) >= 11 is 0. The number of ether oxygens (including phenoxy) is 1. The van der Waals surface area contributed by atoms with Gasteiger partial charge in [0.15, 0.2) is 11.5 Å². The van der Waals surface area contributed by atoms with Crippen LogP contribution in [0.3, 0.4) is 0 Å². The number of fused-ring (bicyclic) bond motifs is 1. The molecule has 0 aliphatic heterocycles. The van der Waals surface area contributed by atoms with Gasteiger partial charge < -0.3 is 4.74 Å². The van der Waals surface area contributed by atoms with Crippen molar-refractivity contribution >= 4 is 28.8 Å². The van der Waals surface area contributed by atoms with Gasteiger partial charge in [0, 0.05) is 24.9 Å². The predicted octanol–water partition coefficient (Wildman–Crippen LogP) is 3.10. The SMILES string of the molecule is CN(C(=O)OC(C)(C)C)c1ncnc2ncn(-c3ccc([N+](=O)[O-])cc3)c12. The number of nitro groups is 1. The number of non-ortho nitro benzene ring substituents is 1. The maximum atomic E-state index is 12.4. The lowest BCUT2D eigenvalue weighted by Gasteiger charge is -2.24. The van der Waals surface area contributed by atoms with Crippen LogP contribution in [0.1, 0.15) is 20.8 Å². The van der Waals surface area contributed by atoms with Crippen molar-refractivity contribution in [3.8, 4) is 5.69 Å². The molecule has 0 aliphatic carbocycles. The van der Waals surface area contributed by atoms with E-state index in [1.165, 1.54) is 29.7 Å². The van der Waals surface area contributed by atoms with Crippen molar-refractivity contribution in [3.63, 3.8) is 0 Å². The Labute approximate surface area is 154 Å². The standard InChI is InChI=1S/C17H18N6O4/c1-17(2,3)27-16(24)21(4)15-13-14(18-9-19-15)20-10-22(13)11-5-7-12(8-6-11)23(25)26/h5-10H,1-4H3. The summed E-state index contributed by atoms with van der Waals surface area (Å²) in [5.41, 5.74) is 0.812. The van der Waals surface area contributed by atoms with Gasteiger partial charge in [-0.3, -0.25) is 19.6 Å². The van der Waals surface area contributed by atoms with Crippen LogP contribution in [0, 0.1) is 10.1 Å². The lowest BCUT2D eigenvalue weighted by molar-refractivity contribution is -0.384. The number of benzene rings is 1. The molecule has 10 nitrogen and oxygen atoms in total. The molecular weight excluding hydrogens is 352 g/mol. The Balaban J connectivity index is 2.07. The van der Waals surface area contributed by atoms with Crippen LogP contribution >= 0.6 is 0 Å². The Bertz CT molecular complexity index is 1010. The predicted molar refractivity (Wildman–Crippen MR) is 98.0 cm³/mol. The Morgan fingerprint density at radius 2 is 1.85 bits per heavy atom. The third-order valence-corrected chi connectivity index (χ3v) is 3.64. The van der Waals surface area contributed by atoms with Crippen LogP contribution < -0.4 is 4.90 Å². The molecule has 0 spiro atoms. The van der Waals surface area contributed by atoms with Gasteiger partial charge in [0.05, 0.1) is 4.92 Å². The first-order valence-corrected chi connectivity index (χ1v) is 8.07. The van der Waals surface area contributed by atoms with Crippen molar-refractivity contribution in [1.82, 2.24) is 19.5 Å². The molecule has 1 amide bonds. The highest BCUT2D eigenvalue weighted by molar-refractivity contribution is 5.95. The monoisotopic (exact) mass is 370 g/mol. The molecule has 2 aromatic heterocycles. The van der Waals surface area contributed by atoms with Crippen molar-refractivity contribution < 1.29 is 14.5 Å². The first kappa shape index (κ1) is 18.2. The van der Waals surface area contributed by atoms with Gasteiger partial charge in [-0.25, -0.2) is 19.7 Å². The van der Waals surface area contributed by atoms with E-state index in [-0.39, 0.29) is 5.69 Å². The van der Waals surface area contributed by atoms with E-state index in [1.54, 1.807) is 44.5 Å². The second kappa shape index (κ2) is 6.63. The number of hydrogen-bond donors (Lipinski definition) is 0. The zero-order valence-electron chi connectivity index (χ0n) is 15.3. The molecule has 3 rings (SSSR count). The molecule has 0 fully saturated rings. The van der Waals surface area contributed by atoms with Gasteiger partial charge in [0.1, 0.15) is 23.8 Å². The number of nitrogens with zero attached hydrogens (tertiary/aromatic N) is 6. The molecule has 0 atom stereocenters. The second-order valence-electron chi connectivity index (χ2n) is 6.80. The number of nitro benzene ring substituents is 1. The Morgan fingerprint density at radius 1 is 1.19 bits per heavy atom. The summed E-state index contributed by atoms with van der Waals surface area (Å²) in [6.07, 6.45) is 2.26. The van der Waals surface area contributed by atoms with E-state index >= 15 is 0 Å². The second-order valence-corrected chi connectivity index (χ2v) is 6.80. The zero-order valence-corrected chi connectivity index (χ0v) is 15.3. The summed E-state index contributed by atoms with van der Waals surface area (Å²) < 4.78 is 7.05. The van der Waals surface area contributed by atoms with Gasteiger partial charge in [0.25, 0.3) is 5.69 Å². The van der Waals surface area contributed by atoms with Crippen LogP contribution in [0.15, 0.2) is 36.9 Å². The number of hydrogen-bond acceptors (Lipinski definition) is 7. The van der Waals surface area contributed by atoms with E-state index in [4.69, 9.17) is 4.74 Å². The highest BCUT2D eigenvalue weighted by atomic mass is 16.6. The number of imidazole rings is 1. The van der Waals surface area contributed by atoms with Crippen molar-refractivity contribution in [2.45, 2.75) is 26.4 Å². The number of carbonyl (C=O) groups is 1. The maximum Gasteiger partial charge on any atom is 0.415 e.